The number of nitrogens with one attached hydrogen (secondary N) is 2. The maximum Gasteiger partial charge on any atom is 0.293 e. The molecule has 5 nitrogen and oxygen atoms in total. The molecule has 1 aromatic heterocycles. The van der Waals surface area contributed by atoms with Crippen molar-refractivity contribution in [1.82, 2.24) is 0 Å². The van der Waals surface area contributed by atoms with E-state index >= 15 is 0 Å². The van der Waals surface area contributed by atoms with Crippen molar-refractivity contribution >= 4 is 50.1 Å². The number of carbonyl (C=O) groups is 2. The molecule has 0 saturated heterocycles. The van der Waals surface area contributed by atoms with Gasteiger partial charge in [0.2, 0.25) is 11.7 Å². The first-order chi connectivity index (χ1) is 14.5. The van der Waals surface area contributed by atoms with Gasteiger partial charge in [0.1, 0.15) is 11.3 Å². The molecule has 0 unspecified atom stereocenters. The fourth-order valence-corrected chi connectivity index (χ4v) is 4.71. The van der Waals surface area contributed by atoms with E-state index in [2.05, 4.69) is 26.6 Å². The topological polar surface area (TPSA) is 71.3 Å². The Bertz CT molecular complexity index is 1110. The molecule has 30 heavy (non-hydrogen) atoms. The highest BCUT2D eigenvalue weighted by Crippen LogP contribution is 2.57. The predicted octanol–water partition coefficient (Wildman–Crippen LogP) is 6.36. The highest BCUT2D eigenvalue weighted by molar-refractivity contribution is 9.10. The zero-order valence-corrected chi connectivity index (χ0v) is 18.1. The van der Waals surface area contributed by atoms with Crippen LogP contribution in [0.15, 0.2) is 57.4 Å². The predicted molar refractivity (Wildman–Crippen MR) is 121 cm³/mol. The summed E-state index contributed by atoms with van der Waals surface area (Å²) in [5.74, 6) is -0.284. The van der Waals surface area contributed by atoms with E-state index in [4.69, 9.17) is 4.42 Å². The van der Waals surface area contributed by atoms with Crippen LogP contribution in [0.3, 0.4) is 0 Å². The number of hydrogen-bond acceptors (Lipinski definition) is 3. The Morgan fingerprint density at radius 2 is 1.63 bits per heavy atom. The maximum absolute atomic E-state index is 13.0. The lowest BCUT2D eigenvalue weighted by Crippen LogP contribution is -2.28. The Morgan fingerprint density at radius 1 is 0.933 bits per heavy atom. The summed E-state index contributed by atoms with van der Waals surface area (Å²) in [5.41, 5.74) is 2.23. The quantitative estimate of drug-likeness (QED) is 0.469. The van der Waals surface area contributed by atoms with Crippen molar-refractivity contribution in [3.05, 3.63) is 58.8 Å². The van der Waals surface area contributed by atoms with Crippen LogP contribution in [-0.4, -0.2) is 11.8 Å². The Hall–Kier alpha value is -2.60. The molecule has 5 rings (SSSR count). The van der Waals surface area contributed by atoms with Gasteiger partial charge in [-0.05, 0) is 80.3 Å². The molecule has 0 bridgehead atoms. The average Bonchev–Trinajstić information content (AvgIpc) is 3.41. The third-order valence-corrected chi connectivity index (χ3v) is 7.05. The average molecular weight is 467 g/mol. The second-order valence-electron chi connectivity index (χ2n) is 8.53. The number of rotatable bonds is 4. The standard InChI is InChI=1S/C24H23BrN2O3/c25-16-5-7-17(8-6-16)26-23(29)21-20(18-3-1-2-4-19(18)30-21)27-22(28)15-9-11-24(12-10-15)13-14-24/h1-8,15H,9-14H2,(H,26,29)(H,27,28). The van der Waals surface area contributed by atoms with Crippen molar-refractivity contribution in [3.8, 4) is 0 Å². The van der Waals surface area contributed by atoms with Crippen LogP contribution in [0.1, 0.15) is 49.1 Å². The third kappa shape index (κ3) is 3.76. The summed E-state index contributed by atoms with van der Waals surface area (Å²) in [6, 6.07) is 14.7. The second kappa shape index (κ2) is 7.58. The van der Waals surface area contributed by atoms with Crippen LogP contribution < -0.4 is 10.6 Å². The molecule has 2 fully saturated rings. The van der Waals surface area contributed by atoms with Gasteiger partial charge in [0, 0.05) is 21.5 Å². The smallest absolute Gasteiger partial charge is 0.293 e. The summed E-state index contributed by atoms with van der Waals surface area (Å²) in [4.78, 5) is 26.0. The van der Waals surface area contributed by atoms with Crippen LogP contribution in [0.2, 0.25) is 0 Å². The summed E-state index contributed by atoms with van der Waals surface area (Å²) >= 11 is 3.39. The highest BCUT2D eigenvalue weighted by Gasteiger charge is 2.45. The monoisotopic (exact) mass is 466 g/mol. The van der Waals surface area contributed by atoms with E-state index in [-0.39, 0.29) is 23.5 Å². The van der Waals surface area contributed by atoms with Gasteiger partial charge >= 0.3 is 0 Å². The first-order valence-electron chi connectivity index (χ1n) is 10.4. The minimum Gasteiger partial charge on any atom is -0.449 e. The summed E-state index contributed by atoms with van der Waals surface area (Å²) < 4.78 is 6.78. The summed E-state index contributed by atoms with van der Waals surface area (Å²) in [5, 5.41) is 6.62. The van der Waals surface area contributed by atoms with Crippen molar-refractivity contribution in [2.75, 3.05) is 10.6 Å². The fourth-order valence-electron chi connectivity index (χ4n) is 4.44. The van der Waals surface area contributed by atoms with Crippen molar-refractivity contribution in [2.45, 2.75) is 38.5 Å². The van der Waals surface area contributed by atoms with E-state index in [1.807, 2.05) is 30.3 Å². The van der Waals surface area contributed by atoms with Crippen molar-refractivity contribution in [3.63, 3.8) is 0 Å². The largest absolute Gasteiger partial charge is 0.449 e. The van der Waals surface area contributed by atoms with Crippen LogP contribution in [0.4, 0.5) is 11.4 Å². The molecular formula is C24H23BrN2O3. The molecule has 3 aromatic rings. The molecule has 2 saturated carbocycles. The first kappa shape index (κ1) is 19.4. The molecule has 0 radical (unpaired) electrons. The Labute approximate surface area is 183 Å². The Morgan fingerprint density at radius 3 is 2.33 bits per heavy atom. The molecule has 1 spiro atoms. The van der Waals surface area contributed by atoms with Crippen LogP contribution >= 0.6 is 15.9 Å². The number of para-hydroxylation sites is 1. The number of anilines is 2. The Balaban J connectivity index is 1.39. The number of halogens is 1. The van der Waals surface area contributed by atoms with Gasteiger partial charge in [-0.15, -0.1) is 0 Å². The van der Waals surface area contributed by atoms with Gasteiger partial charge in [-0.25, -0.2) is 0 Å². The zero-order valence-electron chi connectivity index (χ0n) is 16.5. The molecule has 2 N–H and O–H groups in total. The lowest BCUT2D eigenvalue weighted by molar-refractivity contribution is -0.121. The number of hydrogen-bond donors (Lipinski definition) is 2. The van der Waals surface area contributed by atoms with Gasteiger partial charge in [0.15, 0.2) is 0 Å². The Kier molecular flexibility index (Phi) is 4.89. The molecule has 2 aliphatic rings. The van der Waals surface area contributed by atoms with Crippen molar-refractivity contribution < 1.29 is 14.0 Å². The van der Waals surface area contributed by atoms with Gasteiger partial charge in [-0.1, -0.05) is 28.1 Å². The molecule has 0 aliphatic heterocycles. The van der Waals surface area contributed by atoms with E-state index in [1.165, 1.54) is 12.8 Å². The van der Waals surface area contributed by atoms with E-state index in [1.54, 1.807) is 18.2 Å². The summed E-state index contributed by atoms with van der Waals surface area (Å²) in [7, 11) is 0. The van der Waals surface area contributed by atoms with Gasteiger partial charge in [-0.2, -0.15) is 0 Å². The number of furan rings is 1. The van der Waals surface area contributed by atoms with Gasteiger partial charge < -0.3 is 15.1 Å². The minimum atomic E-state index is -0.385. The number of benzene rings is 2. The third-order valence-electron chi connectivity index (χ3n) is 6.53. The SMILES string of the molecule is O=C(Nc1ccc(Br)cc1)c1oc2ccccc2c1NC(=O)C1CCC2(CC1)CC2. The van der Waals surface area contributed by atoms with E-state index in [9.17, 15) is 9.59 Å². The molecule has 0 atom stereocenters. The van der Waals surface area contributed by atoms with Crippen LogP contribution in [0, 0.1) is 11.3 Å². The van der Waals surface area contributed by atoms with E-state index in [0.29, 0.717) is 22.4 Å². The number of fused-ring (bicyclic) bond motifs is 1. The molecule has 2 aliphatic carbocycles. The van der Waals surface area contributed by atoms with Crippen LogP contribution in [-0.2, 0) is 4.79 Å². The minimum absolute atomic E-state index is 0.00716. The van der Waals surface area contributed by atoms with Gasteiger partial charge in [0.05, 0.1) is 0 Å². The molecule has 6 heteroatoms. The normalized spacial score (nSPS) is 17.8. The van der Waals surface area contributed by atoms with Crippen LogP contribution in [0.25, 0.3) is 11.0 Å². The van der Waals surface area contributed by atoms with Gasteiger partial charge in [-0.3, -0.25) is 9.59 Å². The molecule has 154 valence electrons. The number of carbonyl (C=O) groups excluding carboxylic acids is 2. The maximum atomic E-state index is 13.0. The fraction of sp³-hybridized carbons (Fsp3) is 0.333. The van der Waals surface area contributed by atoms with Gasteiger partial charge in [0.25, 0.3) is 5.91 Å². The molecular weight excluding hydrogens is 444 g/mol. The lowest BCUT2D eigenvalue weighted by Gasteiger charge is -2.27. The first-order valence-corrected chi connectivity index (χ1v) is 11.2. The number of amides is 2. The highest BCUT2D eigenvalue weighted by atomic mass is 79.9. The van der Waals surface area contributed by atoms with Crippen molar-refractivity contribution in [1.29, 1.82) is 0 Å². The lowest BCUT2D eigenvalue weighted by atomic mass is 9.79. The van der Waals surface area contributed by atoms with Crippen LogP contribution in [0.5, 0.6) is 0 Å². The molecule has 2 aromatic carbocycles. The molecule has 2 amide bonds. The summed E-state index contributed by atoms with van der Waals surface area (Å²) in [6.45, 7) is 0. The van der Waals surface area contributed by atoms with E-state index < -0.39 is 0 Å². The second-order valence-corrected chi connectivity index (χ2v) is 9.44. The van der Waals surface area contributed by atoms with E-state index in [0.717, 1.165) is 35.5 Å². The summed E-state index contributed by atoms with van der Waals surface area (Å²) in [6.07, 6.45) is 6.73. The zero-order chi connectivity index (χ0) is 20.7. The molecule has 1 heterocycles. The van der Waals surface area contributed by atoms with Crippen molar-refractivity contribution in [2.24, 2.45) is 11.3 Å².